The fourth-order valence-corrected chi connectivity index (χ4v) is 2.37. The number of ether oxygens (including phenoxy) is 1. The van der Waals surface area contributed by atoms with Crippen molar-refractivity contribution in [3.8, 4) is 0 Å². The number of hydrogen-bond donors (Lipinski definition) is 2. The second-order valence-corrected chi connectivity index (χ2v) is 5.37. The summed E-state index contributed by atoms with van der Waals surface area (Å²) in [6, 6.07) is 4.38. The van der Waals surface area contributed by atoms with E-state index in [1.807, 2.05) is 13.8 Å². The van der Waals surface area contributed by atoms with Crippen LogP contribution in [0.15, 0.2) is 18.2 Å². The fourth-order valence-electron chi connectivity index (χ4n) is 2.37. The minimum atomic E-state index is -0.508. The SMILES string of the molecule is CNc1ccc(C(=O)NC2(C)CCOC2C)cc1[N+](=O)[O-]. The van der Waals surface area contributed by atoms with Crippen LogP contribution < -0.4 is 10.6 Å². The number of nitro groups is 1. The molecule has 7 nitrogen and oxygen atoms in total. The molecular formula is C14H19N3O4. The number of benzene rings is 1. The summed E-state index contributed by atoms with van der Waals surface area (Å²) in [6.45, 7) is 4.41. The third kappa shape index (κ3) is 2.97. The van der Waals surface area contributed by atoms with Crippen molar-refractivity contribution in [1.82, 2.24) is 5.32 Å². The van der Waals surface area contributed by atoms with E-state index in [2.05, 4.69) is 10.6 Å². The number of carbonyl (C=O) groups is 1. The highest BCUT2D eigenvalue weighted by atomic mass is 16.6. The van der Waals surface area contributed by atoms with Crippen molar-refractivity contribution in [2.75, 3.05) is 19.0 Å². The Morgan fingerprint density at radius 1 is 1.52 bits per heavy atom. The summed E-state index contributed by atoms with van der Waals surface area (Å²) < 4.78 is 5.47. The van der Waals surface area contributed by atoms with Gasteiger partial charge >= 0.3 is 0 Å². The van der Waals surface area contributed by atoms with Gasteiger partial charge in [-0.1, -0.05) is 0 Å². The van der Waals surface area contributed by atoms with Crippen molar-refractivity contribution in [3.05, 3.63) is 33.9 Å². The zero-order valence-corrected chi connectivity index (χ0v) is 12.3. The van der Waals surface area contributed by atoms with Gasteiger partial charge in [-0.3, -0.25) is 14.9 Å². The molecule has 0 aromatic heterocycles. The van der Waals surface area contributed by atoms with Gasteiger partial charge in [0.2, 0.25) is 0 Å². The Balaban J connectivity index is 2.24. The first kappa shape index (κ1) is 15.2. The Hall–Kier alpha value is -2.15. The Kier molecular flexibility index (Phi) is 4.13. The highest BCUT2D eigenvalue weighted by molar-refractivity contribution is 5.96. The van der Waals surface area contributed by atoms with Crippen LogP contribution in [-0.4, -0.2) is 36.1 Å². The van der Waals surface area contributed by atoms with Gasteiger partial charge in [0.1, 0.15) is 5.69 Å². The Bertz CT molecular complexity index is 575. The molecule has 0 saturated carbocycles. The Morgan fingerprint density at radius 2 is 2.24 bits per heavy atom. The van der Waals surface area contributed by atoms with Gasteiger partial charge < -0.3 is 15.4 Å². The predicted octanol–water partition coefficient (Wildman–Crippen LogP) is 1.93. The van der Waals surface area contributed by atoms with E-state index in [0.29, 0.717) is 12.3 Å². The summed E-state index contributed by atoms with van der Waals surface area (Å²) >= 11 is 0. The van der Waals surface area contributed by atoms with Gasteiger partial charge in [0.25, 0.3) is 11.6 Å². The molecule has 1 fully saturated rings. The lowest BCUT2D eigenvalue weighted by molar-refractivity contribution is -0.384. The lowest BCUT2D eigenvalue weighted by Crippen LogP contribution is -2.50. The van der Waals surface area contributed by atoms with E-state index < -0.39 is 10.5 Å². The molecule has 114 valence electrons. The van der Waals surface area contributed by atoms with Crippen LogP contribution in [0.2, 0.25) is 0 Å². The first-order valence-corrected chi connectivity index (χ1v) is 6.77. The van der Waals surface area contributed by atoms with Crippen molar-refractivity contribution >= 4 is 17.3 Å². The molecule has 0 radical (unpaired) electrons. The number of nitrogens with zero attached hydrogens (tertiary/aromatic N) is 1. The minimum Gasteiger partial charge on any atom is -0.383 e. The van der Waals surface area contributed by atoms with Gasteiger partial charge in [0.15, 0.2) is 0 Å². The molecule has 2 atom stereocenters. The molecule has 0 spiro atoms. The second kappa shape index (κ2) is 5.69. The molecule has 1 aromatic carbocycles. The largest absolute Gasteiger partial charge is 0.383 e. The number of hydrogen-bond acceptors (Lipinski definition) is 5. The lowest BCUT2D eigenvalue weighted by Gasteiger charge is -2.28. The molecule has 7 heteroatoms. The fraction of sp³-hybridized carbons (Fsp3) is 0.500. The van der Waals surface area contributed by atoms with Gasteiger partial charge in [-0.25, -0.2) is 0 Å². The topological polar surface area (TPSA) is 93.5 Å². The van der Waals surface area contributed by atoms with Crippen molar-refractivity contribution in [3.63, 3.8) is 0 Å². The van der Waals surface area contributed by atoms with Crippen LogP contribution in [0.25, 0.3) is 0 Å². The Labute approximate surface area is 122 Å². The monoisotopic (exact) mass is 293 g/mol. The maximum absolute atomic E-state index is 12.3. The molecule has 0 bridgehead atoms. The van der Waals surface area contributed by atoms with E-state index >= 15 is 0 Å². The van der Waals surface area contributed by atoms with Gasteiger partial charge in [-0.05, 0) is 32.4 Å². The van der Waals surface area contributed by atoms with Crippen LogP contribution in [-0.2, 0) is 4.74 Å². The van der Waals surface area contributed by atoms with E-state index in [0.717, 1.165) is 6.42 Å². The number of nitro benzene ring substituents is 1. The molecule has 1 amide bonds. The lowest BCUT2D eigenvalue weighted by atomic mass is 9.94. The number of rotatable bonds is 4. The second-order valence-electron chi connectivity index (χ2n) is 5.37. The van der Waals surface area contributed by atoms with Gasteiger partial charge in [0.05, 0.1) is 16.6 Å². The van der Waals surface area contributed by atoms with Crippen LogP contribution >= 0.6 is 0 Å². The molecule has 2 N–H and O–H groups in total. The van der Waals surface area contributed by atoms with E-state index in [1.54, 1.807) is 13.1 Å². The van der Waals surface area contributed by atoms with E-state index in [9.17, 15) is 14.9 Å². The number of nitrogens with one attached hydrogen (secondary N) is 2. The highest BCUT2D eigenvalue weighted by Gasteiger charge is 2.38. The average Bonchev–Trinajstić information content (AvgIpc) is 2.77. The maximum Gasteiger partial charge on any atom is 0.293 e. The quantitative estimate of drug-likeness (QED) is 0.653. The molecule has 1 heterocycles. The normalized spacial score (nSPS) is 24.6. The van der Waals surface area contributed by atoms with Crippen LogP contribution in [0.1, 0.15) is 30.6 Å². The first-order chi connectivity index (χ1) is 9.87. The summed E-state index contributed by atoms with van der Waals surface area (Å²) in [7, 11) is 1.60. The van der Waals surface area contributed by atoms with Gasteiger partial charge in [-0.15, -0.1) is 0 Å². The zero-order chi connectivity index (χ0) is 15.6. The zero-order valence-electron chi connectivity index (χ0n) is 12.3. The standard InChI is InChI=1S/C14H19N3O4/c1-9-14(2,6-7-21-9)16-13(18)10-4-5-11(15-3)12(8-10)17(19)20/h4-5,8-9,15H,6-7H2,1-3H3,(H,16,18). The van der Waals surface area contributed by atoms with Crippen LogP contribution in [0.4, 0.5) is 11.4 Å². The molecule has 1 aliphatic rings. The third-order valence-corrected chi connectivity index (χ3v) is 4.01. The highest BCUT2D eigenvalue weighted by Crippen LogP contribution is 2.28. The summed E-state index contributed by atoms with van der Waals surface area (Å²) in [6.07, 6.45) is 0.629. The predicted molar refractivity (Wildman–Crippen MR) is 78.5 cm³/mol. The smallest absolute Gasteiger partial charge is 0.293 e. The molecule has 2 rings (SSSR count). The maximum atomic E-state index is 12.3. The number of amides is 1. The third-order valence-electron chi connectivity index (χ3n) is 4.01. The van der Waals surface area contributed by atoms with E-state index in [1.165, 1.54) is 12.1 Å². The van der Waals surface area contributed by atoms with Crippen LogP contribution in [0.3, 0.4) is 0 Å². The van der Waals surface area contributed by atoms with Gasteiger partial charge in [-0.2, -0.15) is 0 Å². The molecule has 1 aliphatic heterocycles. The van der Waals surface area contributed by atoms with E-state index in [4.69, 9.17) is 4.74 Å². The molecule has 2 unspecified atom stereocenters. The Morgan fingerprint density at radius 3 is 2.76 bits per heavy atom. The first-order valence-electron chi connectivity index (χ1n) is 6.77. The molecule has 1 aromatic rings. The van der Waals surface area contributed by atoms with Crippen molar-refractivity contribution in [2.24, 2.45) is 0 Å². The molecule has 0 aliphatic carbocycles. The summed E-state index contributed by atoms with van der Waals surface area (Å²) in [5, 5.41) is 16.7. The summed E-state index contributed by atoms with van der Waals surface area (Å²) in [4.78, 5) is 22.8. The molecular weight excluding hydrogens is 274 g/mol. The summed E-state index contributed by atoms with van der Waals surface area (Å²) in [5.41, 5.74) is 0.0699. The van der Waals surface area contributed by atoms with Crippen LogP contribution in [0, 0.1) is 10.1 Å². The number of carbonyl (C=O) groups excluding carboxylic acids is 1. The number of anilines is 1. The van der Waals surface area contributed by atoms with Crippen molar-refractivity contribution in [1.29, 1.82) is 0 Å². The van der Waals surface area contributed by atoms with Crippen molar-refractivity contribution in [2.45, 2.75) is 31.9 Å². The average molecular weight is 293 g/mol. The molecule has 1 saturated heterocycles. The molecule has 21 heavy (non-hydrogen) atoms. The van der Waals surface area contributed by atoms with Gasteiger partial charge in [0, 0.05) is 25.3 Å². The van der Waals surface area contributed by atoms with E-state index in [-0.39, 0.29) is 23.3 Å². The van der Waals surface area contributed by atoms with Crippen molar-refractivity contribution < 1.29 is 14.5 Å². The minimum absolute atomic E-state index is 0.0898. The summed E-state index contributed by atoms with van der Waals surface area (Å²) in [5.74, 6) is -0.333. The van der Waals surface area contributed by atoms with Crippen LogP contribution in [0.5, 0.6) is 0 Å².